The van der Waals surface area contributed by atoms with Gasteiger partial charge in [-0.15, -0.1) is 0 Å². The number of hydrogen-bond donors (Lipinski definition) is 1. The highest BCUT2D eigenvalue weighted by Gasteiger charge is 2.48. The third-order valence-corrected chi connectivity index (χ3v) is 5.79. The lowest BCUT2D eigenvalue weighted by Gasteiger charge is -2.50. The molecule has 1 aromatic carbocycles. The molecule has 3 rings (SSSR count). The van der Waals surface area contributed by atoms with Crippen molar-refractivity contribution in [2.45, 2.75) is 32.2 Å². The highest BCUT2D eigenvalue weighted by atomic mass is 16.2. The van der Waals surface area contributed by atoms with Crippen LogP contribution in [-0.4, -0.2) is 74.0 Å². The number of likely N-dealkylation sites (tertiary alicyclic amines) is 1. The Hall–Kier alpha value is -2.08. The number of nitrogens with zero attached hydrogens (tertiary/aromatic N) is 3. The first-order chi connectivity index (χ1) is 12.8. The Balaban J connectivity index is 1.69. The molecule has 27 heavy (non-hydrogen) atoms. The number of benzene rings is 1. The number of hydrogen-bond acceptors (Lipinski definition) is 4. The maximum atomic E-state index is 12.9. The highest BCUT2D eigenvalue weighted by molar-refractivity contribution is 5.95. The van der Waals surface area contributed by atoms with E-state index in [1.807, 2.05) is 48.2 Å². The summed E-state index contributed by atoms with van der Waals surface area (Å²) < 4.78 is 0. The number of amides is 2. The van der Waals surface area contributed by atoms with Gasteiger partial charge in [0.15, 0.2) is 0 Å². The van der Waals surface area contributed by atoms with Crippen LogP contribution in [-0.2, 0) is 4.79 Å². The van der Waals surface area contributed by atoms with E-state index in [1.165, 1.54) is 0 Å². The molecule has 1 spiro atoms. The molecular weight excluding hydrogens is 340 g/mol. The van der Waals surface area contributed by atoms with Gasteiger partial charge < -0.3 is 15.1 Å². The van der Waals surface area contributed by atoms with Crippen LogP contribution in [0.25, 0.3) is 0 Å². The first-order valence-corrected chi connectivity index (χ1v) is 9.93. The average molecular weight is 373 g/mol. The Morgan fingerprint density at radius 2 is 1.78 bits per heavy atom. The molecule has 2 aliphatic heterocycles. The predicted octanol–water partition coefficient (Wildman–Crippen LogP) is 1.82. The fourth-order valence-corrected chi connectivity index (χ4v) is 4.24. The number of anilines is 1. The van der Waals surface area contributed by atoms with Crippen molar-refractivity contribution in [3.05, 3.63) is 29.8 Å². The summed E-state index contributed by atoms with van der Waals surface area (Å²) in [5.41, 5.74) is 1.34. The molecule has 0 radical (unpaired) electrons. The summed E-state index contributed by atoms with van der Waals surface area (Å²) in [7, 11) is 3.97. The average Bonchev–Trinajstić information content (AvgIpc) is 2.65. The Morgan fingerprint density at radius 1 is 1.15 bits per heavy atom. The minimum Gasteiger partial charge on any atom is -0.378 e. The van der Waals surface area contributed by atoms with Crippen molar-refractivity contribution in [3.63, 3.8) is 0 Å². The Kier molecular flexibility index (Phi) is 5.75. The second-order valence-corrected chi connectivity index (χ2v) is 8.36. The van der Waals surface area contributed by atoms with Gasteiger partial charge in [0.2, 0.25) is 5.91 Å². The molecule has 2 amide bonds. The van der Waals surface area contributed by atoms with Gasteiger partial charge in [0.1, 0.15) is 5.54 Å². The van der Waals surface area contributed by atoms with Gasteiger partial charge in [-0.3, -0.25) is 14.5 Å². The summed E-state index contributed by atoms with van der Waals surface area (Å²) in [5, 5.41) is 3.05. The molecule has 0 aliphatic carbocycles. The molecule has 0 bridgehead atoms. The molecule has 2 heterocycles. The van der Waals surface area contributed by atoms with Gasteiger partial charge in [0.25, 0.3) is 5.91 Å². The van der Waals surface area contributed by atoms with E-state index in [-0.39, 0.29) is 11.8 Å². The maximum absolute atomic E-state index is 12.9. The van der Waals surface area contributed by atoms with Crippen LogP contribution in [0, 0.1) is 5.92 Å². The molecule has 1 N–H and O–H groups in total. The van der Waals surface area contributed by atoms with Crippen molar-refractivity contribution in [3.8, 4) is 0 Å². The van der Waals surface area contributed by atoms with E-state index < -0.39 is 5.54 Å². The number of rotatable bonds is 4. The summed E-state index contributed by atoms with van der Waals surface area (Å²) >= 11 is 0. The van der Waals surface area contributed by atoms with Gasteiger partial charge in [-0.05, 0) is 43.0 Å². The van der Waals surface area contributed by atoms with E-state index >= 15 is 0 Å². The van der Waals surface area contributed by atoms with Gasteiger partial charge in [-0.2, -0.15) is 0 Å². The molecule has 6 heteroatoms. The summed E-state index contributed by atoms with van der Waals surface area (Å²) in [6.45, 7) is 8.16. The van der Waals surface area contributed by atoms with E-state index in [1.54, 1.807) is 0 Å². The summed E-state index contributed by atoms with van der Waals surface area (Å²) in [6, 6.07) is 7.72. The molecular formula is C21H32N4O2. The zero-order valence-electron chi connectivity index (χ0n) is 17.0. The normalized spacial score (nSPS) is 20.0. The van der Waals surface area contributed by atoms with E-state index in [4.69, 9.17) is 0 Å². The quantitative estimate of drug-likeness (QED) is 0.876. The van der Waals surface area contributed by atoms with Gasteiger partial charge in [0.05, 0.1) is 0 Å². The van der Waals surface area contributed by atoms with Crippen molar-refractivity contribution in [1.82, 2.24) is 15.1 Å². The zero-order valence-corrected chi connectivity index (χ0v) is 17.0. The van der Waals surface area contributed by atoms with E-state index in [2.05, 4.69) is 24.1 Å². The van der Waals surface area contributed by atoms with Gasteiger partial charge in [-0.1, -0.05) is 13.8 Å². The van der Waals surface area contributed by atoms with Crippen LogP contribution in [0.3, 0.4) is 0 Å². The summed E-state index contributed by atoms with van der Waals surface area (Å²) in [6.07, 6.45) is 1.40. The summed E-state index contributed by atoms with van der Waals surface area (Å²) in [4.78, 5) is 31.9. The number of piperazine rings is 1. The van der Waals surface area contributed by atoms with E-state index in [0.29, 0.717) is 44.0 Å². The third kappa shape index (κ3) is 3.95. The summed E-state index contributed by atoms with van der Waals surface area (Å²) in [5.74, 6) is 0.710. The lowest BCUT2D eigenvalue weighted by molar-refractivity contribution is -0.141. The zero-order chi connectivity index (χ0) is 19.6. The van der Waals surface area contributed by atoms with Gasteiger partial charge >= 0.3 is 0 Å². The minimum absolute atomic E-state index is 0.0572. The number of piperidine rings is 1. The largest absolute Gasteiger partial charge is 0.378 e. The highest BCUT2D eigenvalue weighted by Crippen LogP contribution is 2.32. The smallest absolute Gasteiger partial charge is 0.253 e. The van der Waals surface area contributed by atoms with Crippen LogP contribution in [0.5, 0.6) is 0 Å². The molecule has 1 aromatic rings. The first kappa shape index (κ1) is 19.7. The topological polar surface area (TPSA) is 55.9 Å². The molecule has 0 unspecified atom stereocenters. The second-order valence-electron chi connectivity index (χ2n) is 8.36. The Morgan fingerprint density at radius 3 is 2.33 bits per heavy atom. The molecule has 2 fully saturated rings. The lowest BCUT2D eigenvalue weighted by atomic mass is 9.82. The van der Waals surface area contributed by atoms with Crippen LogP contribution in [0.2, 0.25) is 0 Å². The van der Waals surface area contributed by atoms with Crippen molar-refractivity contribution in [2.75, 3.05) is 51.7 Å². The Labute approximate surface area is 162 Å². The monoisotopic (exact) mass is 372 g/mol. The molecule has 6 nitrogen and oxygen atoms in total. The van der Waals surface area contributed by atoms with E-state index in [9.17, 15) is 9.59 Å². The van der Waals surface area contributed by atoms with Crippen LogP contribution < -0.4 is 10.2 Å². The maximum Gasteiger partial charge on any atom is 0.253 e. The first-order valence-electron chi connectivity index (χ1n) is 9.93. The van der Waals surface area contributed by atoms with Gasteiger partial charge in [0, 0.05) is 58.1 Å². The Bertz CT molecular complexity index is 676. The minimum atomic E-state index is -0.450. The number of carbonyl (C=O) groups is 2. The lowest BCUT2D eigenvalue weighted by Crippen LogP contribution is -2.68. The predicted molar refractivity (Wildman–Crippen MR) is 108 cm³/mol. The molecule has 2 aliphatic rings. The van der Waals surface area contributed by atoms with Crippen LogP contribution in [0.15, 0.2) is 24.3 Å². The van der Waals surface area contributed by atoms with Crippen molar-refractivity contribution in [1.29, 1.82) is 0 Å². The van der Waals surface area contributed by atoms with Crippen LogP contribution in [0.1, 0.15) is 37.0 Å². The fourth-order valence-electron chi connectivity index (χ4n) is 4.24. The van der Waals surface area contributed by atoms with Crippen LogP contribution >= 0.6 is 0 Å². The molecule has 2 saturated heterocycles. The number of nitrogens with one attached hydrogen (secondary N) is 1. The molecule has 0 saturated carbocycles. The SMILES string of the molecule is CC(C)CN1CCNC(=O)C12CCN(C(=O)c1ccc(N(C)C)cc1)CC2. The van der Waals surface area contributed by atoms with Crippen molar-refractivity contribution in [2.24, 2.45) is 5.92 Å². The second kappa shape index (κ2) is 7.89. The molecule has 0 aromatic heterocycles. The van der Waals surface area contributed by atoms with Crippen LogP contribution in [0.4, 0.5) is 5.69 Å². The fraction of sp³-hybridized carbons (Fsp3) is 0.619. The van der Waals surface area contributed by atoms with Crippen molar-refractivity contribution >= 4 is 17.5 Å². The standard InChI is InChI=1S/C21H32N4O2/c1-16(2)15-25-14-11-22-20(27)21(25)9-12-24(13-10-21)19(26)17-5-7-18(8-6-17)23(3)4/h5-8,16H,9-15H2,1-4H3,(H,22,27). The number of carbonyl (C=O) groups excluding carboxylic acids is 2. The van der Waals surface area contributed by atoms with Crippen molar-refractivity contribution < 1.29 is 9.59 Å². The molecule has 148 valence electrons. The third-order valence-electron chi connectivity index (χ3n) is 5.79. The molecule has 0 atom stereocenters. The van der Waals surface area contributed by atoms with E-state index in [0.717, 1.165) is 18.8 Å². The van der Waals surface area contributed by atoms with Gasteiger partial charge in [-0.25, -0.2) is 0 Å².